The van der Waals surface area contributed by atoms with Gasteiger partial charge in [-0.3, -0.25) is 0 Å². The summed E-state index contributed by atoms with van der Waals surface area (Å²) in [6.07, 6.45) is 8.56. The lowest BCUT2D eigenvalue weighted by Crippen LogP contribution is -2.03. The number of fused-ring (bicyclic) bond motifs is 1. The zero-order chi connectivity index (χ0) is 10.3. The van der Waals surface area contributed by atoms with E-state index in [2.05, 4.69) is 16.0 Å². The standard InChI is InChI=1S/C12H14N2O/c15-8-13-12(5-6-12)11-7-9-3-1-2-4-10(9)14-11/h7,14H,1-6H2. The highest BCUT2D eigenvalue weighted by atomic mass is 16.1. The van der Waals surface area contributed by atoms with Gasteiger partial charge in [0.05, 0.1) is 0 Å². The van der Waals surface area contributed by atoms with Crippen LogP contribution >= 0.6 is 0 Å². The number of carbonyl (C=O) groups excluding carboxylic acids is 1. The van der Waals surface area contributed by atoms with Crippen molar-refractivity contribution in [3.8, 4) is 0 Å². The molecule has 1 aromatic heterocycles. The van der Waals surface area contributed by atoms with E-state index in [1.54, 1.807) is 6.08 Å². The largest absolute Gasteiger partial charge is 0.360 e. The van der Waals surface area contributed by atoms with Gasteiger partial charge in [0.15, 0.2) is 0 Å². The first-order valence-electron chi connectivity index (χ1n) is 5.64. The van der Waals surface area contributed by atoms with Crippen LogP contribution in [0.4, 0.5) is 0 Å². The highest BCUT2D eigenvalue weighted by molar-refractivity contribution is 5.41. The third kappa shape index (κ3) is 1.35. The minimum absolute atomic E-state index is 0.223. The van der Waals surface area contributed by atoms with E-state index in [1.807, 2.05) is 0 Å². The topological polar surface area (TPSA) is 45.2 Å². The van der Waals surface area contributed by atoms with Crippen LogP contribution in [0.25, 0.3) is 0 Å². The number of aliphatic imine (C=N–C) groups is 1. The molecule has 2 aliphatic carbocycles. The molecule has 0 aliphatic heterocycles. The lowest BCUT2D eigenvalue weighted by molar-refractivity contribution is 0.555. The first-order valence-corrected chi connectivity index (χ1v) is 5.64. The molecule has 1 saturated carbocycles. The van der Waals surface area contributed by atoms with Crippen molar-refractivity contribution in [2.75, 3.05) is 0 Å². The summed E-state index contributed by atoms with van der Waals surface area (Å²) in [7, 11) is 0. The molecule has 2 aliphatic rings. The van der Waals surface area contributed by atoms with E-state index in [1.165, 1.54) is 30.5 Å². The molecule has 0 bridgehead atoms. The number of hydrogen-bond donors (Lipinski definition) is 1. The molecule has 0 amide bonds. The number of isocyanates is 1. The minimum Gasteiger partial charge on any atom is -0.360 e. The Kier molecular flexibility index (Phi) is 1.83. The van der Waals surface area contributed by atoms with E-state index in [0.717, 1.165) is 25.0 Å². The molecule has 1 heterocycles. The van der Waals surface area contributed by atoms with Gasteiger partial charge in [-0.2, -0.15) is 4.99 Å². The van der Waals surface area contributed by atoms with Crippen LogP contribution < -0.4 is 0 Å². The second-order valence-corrected chi connectivity index (χ2v) is 4.63. The summed E-state index contributed by atoms with van der Waals surface area (Å²) in [5, 5.41) is 0. The van der Waals surface area contributed by atoms with Gasteiger partial charge in [0.25, 0.3) is 0 Å². The number of aryl methyl sites for hydroxylation is 2. The van der Waals surface area contributed by atoms with Crippen molar-refractivity contribution >= 4 is 6.08 Å². The quantitative estimate of drug-likeness (QED) is 0.580. The molecule has 15 heavy (non-hydrogen) atoms. The summed E-state index contributed by atoms with van der Waals surface area (Å²) >= 11 is 0. The summed E-state index contributed by atoms with van der Waals surface area (Å²) in [4.78, 5) is 17.8. The predicted octanol–water partition coefficient (Wildman–Crippen LogP) is 2.22. The monoisotopic (exact) mass is 202 g/mol. The van der Waals surface area contributed by atoms with Crippen LogP contribution in [-0.4, -0.2) is 11.1 Å². The Bertz CT molecular complexity index is 413. The number of hydrogen-bond acceptors (Lipinski definition) is 2. The smallest absolute Gasteiger partial charge is 0.235 e. The maximum Gasteiger partial charge on any atom is 0.235 e. The molecule has 0 saturated heterocycles. The van der Waals surface area contributed by atoms with Gasteiger partial charge in [0.2, 0.25) is 6.08 Å². The van der Waals surface area contributed by atoms with Crippen molar-refractivity contribution in [2.45, 2.75) is 44.1 Å². The number of H-pyrrole nitrogens is 1. The van der Waals surface area contributed by atoms with Crippen LogP contribution in [-0.2, 0) is 23.2 Å². The van der Waals surface area contributed by atoms with Crippen LogP contribution in [0.15, 0.2) is 11.1 Å². The summed E-state index contributed by atoms with van der Waals surface area (Å²) in [6.45, 7) is 0. The molecule has 3 rings (SSSR count). The number of rotatable bonds is 2. The SMILES string of the molecule is O=C=NC1(c2cc3c([nH]2)CCCC3)CC1. The fraction of sp³-hybridized carbons (Fsp3) is 0.583. The Balaban J connectivity index is 1.99. The molecular formula is C12H14N2O. The number of nitrogens with zero attached hydrogens (tertiary/aromatic N) is 1. The van der Waals surface area contributed by atoms with Crippen LogP contribution in [0.2, 0.25) is 0 Å². The van der Waals surface area contributed by atoms with Crippen LogP contribution in [0.1, 0.15) is 42.6 Å². The van der Waals surface area contributed by atoms with Crippen LogP contribution in [0, 0.1) is 0 Å². The molecule has 78 valence electrons. The molecule has 0 radical (unpaired) electrons. The molecule has 0 atom stereocenters. The Morgan fingerprint density at radius 3 is 2.80 bits per heavy atom. The summed E-state index contributed by atoms with van der Waals surface area (Å²) < 4.78 is 0. The number of aromatic amines is 1. The molecule has 3 nitrogen and oxygen atoms in total. The lowest BCUT2D eigenvalue weighted by atomic mass is 9.98. The Morgan fingerprint density at radius 1 is 1.33 bits per heavy atom. The fourth-order valence-corrected chi connectivity index (χ4v) is 2.50. The Labute approximate surface area is 88.6 Å². The van der Waals surface area contributed by atoms with E-state index >= 15 is 0 Å². The number of aromatic nitrogens is 1. The van der Waals surface area contributed by atoms with Gasteiger partial charge in [-0.25, -0.2) is 4.79 Å². The molecule has 3 heteroatoms. The molecule has 0 unspecified atom stereocenters. The predicted molar refractivity (Wildman–Crippen MR) is 56.5 cm³/mol. The normalized spacial score (nSPS) is 21.6. The van der Waals surface area contributed by atoms with Crippen molar-refractivity contribution in [3.63, 3.8) is 0 Å². The summed E-state index contributed by atoms with van der Waals surface area (Å²) in [5.74, 6) is 0. The van der Waals surface area contributed by atoms with E-state index < -0.39 is 0 Å². The molecule has 1 fully saturated rings. The maximum absolute atomic E-state index is 10.4. The van der Waals surface area contributed by atoms with Gasteiger partial charge in [-0.1, -0.05) is 0 Å². The molecular weight excluding hydrogens is 188 g/mol. The average Bonchev–Trinajstić information content (AvgIpc) is 2.91. The molecule has 1 aromatic rings. The Morgan fingerprint density at radius 2 is 2.13 bits per heavy atom. The van der Waals surface area contributed by atoms with Crippen molar-refractivity contribution in [1.82, 2.24) is 4.98 Å². The lowest BCUT2D eigenvalue weighted by Gasteiger charge is -2.09. The first-order chi connectivity index (χ1) is 7.34. The average molecular weight is 202 g/mol. The first kappa shape index (κ1) is 8.93. The molecule has 0 spiro atoms. The minimum atomic E-state index is -0.223. The van der Waals surface area contributed by atoms with Crippen LogP contribution in [0.5, 0.6) is 0 Å². The van der Waals surface area contributed by atoms with Gasteiger partial charge < -0.3 is 4.98 Å². The van der Waals surface area contributed by atoms with Gasteiger partial charge in [-0.15, -0.1) is 0 Å². The van der Waals surface area contributed by atoms with E-state index in [-0.39, 0.29) is 5.54 Å². The van der Waals surface area contributed by atoms with E-state index in [0.29, 0.717) is 0 Å². The van der Waals surface area contributed by atoms with Gasteiger partial charge in [0.1, 0.15) is 5.54 Å². The van der Waals surface area contributed by atoms with E-state index in [4.69, 9.17) is 0 Å². The second kappa shape index (κ2) is 3.07. The number of nitrogens with one attached hydrogen (secondary N) is 1. The third-order valence-electron chi connectivity index (χ3n) is 3.60. The zero-order valence-corrected chi connectivity index (χ0v) is 8.68. The second-order valence-electron chi connectivity index (χ2n) is 4.63. The van der Waals surface area contributed by atoms with Gasteiger partial charge in [0, 0.05) is 11.4 Å². The maximum atomic E-state index is 10.4. The van der Waals surface area contributed by atoms with Gasteiger partial charge >= 0.3 is 0 Å². The van der Waals surface area contributed by atoms with Crippen LogP contribution in [0.3, 0.4) is 0 Å². The van der Waals surface area contributed by atoms with E-state index in [9.17, 15) is 4.79 Å². The molecule has 1 N–H and O–H groups in total. The Hall–Kier alpha value is -1.34. The summed E-state index contributed by atoms with van der Waals surface area (Å²) in [6, 6.07) is 2.21. The molecule has 0 aromatic carbocycles. The van der Waals surface area contributed by atoms with Crippen molar-refractivity contribution in [1.29, 1.82) is 0 Å². The van der Waals surface area contributed by atoms with Crippen molar-refractivity contribution in [2.24, 2.45) is 4.99 Å². The highest BCUT2D eigenvalue weighted by Crippen LogP contribution is 2.49. The van der Waals surface area contributed by atoms with Crippen molar-refractivity contribution < 1.29 is 4.79 Å². The van der Waals surface area contributed by atoms with Crippen molar-refractivity contribution in [3.05, 3.63) is 23.0 Å². The highest BCUT2D eigenvalue weighted by Gasteiger charge is 2.46. The van der Waals surface area contributed by atoms with Gasteiger partial charge in [-0.05, 0) is 50.2 Å². The summed E-state index contributed by atoms with van der Waals surface area (Å²) in [5.41, 5.74) is 3.71. The fourth-order valence-electron chi connectivity index (χ4n) is 2.50. The zero-order valence-electron chi connectivity index (χ0n) is 8.68. The third-order valence-corrected chi connectivity index (χ3v) is 3.60.